The average molecular weight is 317 g/mol. The van der Waals surface area contributed by atoms with E-state index in [0.717, 1.165) is 12.1 Å². The van der Waals surface area contributed by atoms with Crippen LogP contribution in [0.5, 0.6) is 0 Å². The Hall–Kier alpha value is -2.05. The molecule has 0 bridgehead atoms. The number of carbonyl (C=O) groups excluding carboxylic acids is 1. The van der Waals surface area contributed by atoms with Gasteiger partial charge in [0.05, 0.1) is 17.9 Å². The number of hydrogen-bond acceptors (Lipinski definition) is 2. The summed E-state index contributed by atoms with van der Waals surface area (Å²) >= 11 is 0. The summed E-state index contributed by atoms with van der Waals surface area (Å²) in [6.07, 6.45) is -3.35. The molecule has 122 valence electrons. The van der Waals surface area contributed by atoms with E-state index in [-0.39, 0.29) is 13.0 Å². The Bertz CT molecular complexity index is 512. The van der Waals surface area contributed by atoms with Gasteiger partial charge in [-0.3, -0.25) is 9.59 Å². The lowest BCUT2D eigenvalue weighted by atomic mass is 10.0. The number of amides is 1. The third-order valence-corrected chi connectivity index (χ3v) is 3.18. The maximum Gasteiger partial charge on any atom is 0.416 e. The van der Waals surface area contributed by atoms with Crippen molar-refractivity contribution >= 4 is 11.9 Å². The van der Waals surface area contributed by atoms with Crippen molar-refractivity contribution in [1.82, 2.24) is 5.32 Å². The number of carboxylic acid groups (broad SMARTS) is 1. The van der Waals surface area contributed by atoms with Crippen molar-refractivity contribution in [1.29, 1.82) is 0 Å². The molecule has 1 aromatic rings. The zero-order chi connectivity index (χ0) is 16.8. The van der Waals surface area contributed by atoms with Crippen LogP contribution >= 0.6 is 0 Å². The molecule has 4 nitrogen and oxygen atoms in total. The predicted octanol–water partition coefficient (Wildman–Crippen LogP) is 2.87. The van der Waals surface area contributed by atoms with E-state index in [1.807, 2.05) is 6.92 Å². The fourth-order valence-electron chi connectivity index (χ4n) is 1.96. The van der Waals surface area contributed by atoms with Gasteiger partial charge in [-0.25, -0.2) is 0 Å². The van der Waals surface area contributed by atoms with Crippen molar-refractivity contribution < 1.29 is 27.9 Å². The molecule has 1 rings (SSSR count). The molecule has 0 aliphatic heterocycles. The van der Waals surface area contributed by atoms with E-state index in [1.54, 1.807) is 0 Å². The van der Waals surface area contributed by atoms with E-state index in [1.165, 1.54) is 12.1 Å². The molecule has 0 heterocycles. The Labute approximate surface area is 126 Å². The van der Waals surface area contributed by atoms with E-state index in [9.17, 15) is 22.8 Å². The van der Waals surface area contributed by atoms with E-state index in [2.05, 4.69) is 5.32 Å². The number of carbonyl (C=O) groups is 2. The molecule has 1 atom stereocenters. The molecule has 1 aromatic carbocycles. The third-order valence-electron chi connectivity index (χ3n) is 3.18. The minimum Gasteiger partial charge on any atom is -0.481 e. The first-order chi connectivity index (χ1) is 10.2. The van der Waals surface area contributed by atoms with Crippen LogP contribution in [0.15, 0.2) is 24.3 Å². The van der Waals surface area contributed by atoms with Crippen molar-refractivity contribution in [3.8, 4) is 0 Å². The largest absolute Gasteiger partial charge is 0.481 e. The van der Waals surface area contributed by atoms with Gasteiger partial charge in [-0.15, -0.1) is 0 Å². The van der Waals surface area contributed by atoms with Crippen LogP contribution in [-0.2, 0) is 22.2 Å². The van der Waals surface area contributed by atoms with E-state index >= 15 is 0 Å². The van der Waals surface area contributed by atoms with Crippen LogP contribution in [0.1, 0.15) is 30.9 Å². The molecule has 1 amide bonds. The fraction of sp³-hybridized carbons (Fsp3) is 0.467. The summed E-state index contributed by atoms with van der Waals surface area (Å²) in [7, 11) is 0. The first kappa shape index (κ1) is 18.0. The topological polar surface area (TPSA) is 66.4 Å². The molecule has 0 spiro atoms. The molecule has 0 fully saturated rings. The van der Waals surface area contributed by atoms with Gasteiger partial charge in [-0.2, -0.15) is 13.2 Å². The van der Waals surface area contributed by atoms with Crippen LogP contribution in [0.25, 0.3) is 0 Å². The van der Waals surface area contributed by atoms with Crippen molar-refractivity contribution in [3.05, 3.63) is 35.4 Å². The van der Waals surface area contributed by atoms with E-state index in [4.69, 9.17) is 5.11 Å². The van der Waals surface area contributed by atoms with Crippen molar-refractivity contribution in [2.45, 2.75) is 32.4 Å². The molecule has 7 heteroatoms. The van der Waals surface area contributed by atoms with Gasteiger partial charge in [0.1, 0.15) is 0 Å². The van der Waals surface area contributed by atoms with E-state index in [0.29, 0.717) is 18.4 Å². The van der Waals surface area contributed by atoms with Crippen molar-refractivity contribution in [2.75, 3.05) is 6.54 Å². The summed E-state index contributed by atoms with van der Waals surface area (Å²) in [6, 6.07) is 4.31. The maximum absolute atomic E-state index is 12.4. The van der Waals surface area contributed by atoms with Gasteiger partial charge < -0.3 is 10.4 Å². The van der Waals surface area contributed by atoms with Gasteiger partial charge in [-0.05, 0) is 24.1 Å². The summed E-state index contributed by atoms with van der Waals surface area (Å²) in [4.78, 5) is 22.6. The number of aliphatic carboxylic acids is 1. The lowest BCUT2D eigenvalue weighted by Gasteiger charge is -2.12. The quantitative estimate of drug-likeness (QED) is 0.812. The zero-order valence-electron chi connectivity index (χ0n) is 12.1. The van der Waals surface area contributed by atoms with Crippen LogP contribution in [0.3, 0.4) is 0 Å². The van der Waals surface area contributed by atoms with Gasteiger partial charge in [0.25, 0.3) is 0 Å². The SMILES string of the molecule is CCCC(CNC(=O)Cc1ccc(C(F)(F)F)cc1)C(=O)O. The summed E-state index contributed by atoms with van der Waals surface area (Å²) < 4.78 is 37.2. The van der Waals surface area contributed by atoms with Gasteiger partial charge in [0, 0.05) is 6.54 Å². The molecule has 0 saturated heterocycles. The summed E-state index contributed by atoms with van der Waals surface area (Å²) in [6.45, 7) is 1.86. The monoisotopic (exact) mass is 317 g/mol. The summed E-state index contributed by atoms with van der Waals surface area (Å²) in [5.41, 5.74) is -0.335. The number of nitrogens with one attached hydrogen (secondary N) is 1. The van der Waals surface area contributed by atoms with Crippen molar-refractivity contribution in [3.63, 3.8) is 0 Å². The van der Waals surface area contributed by atoms with Crippen molar-refractivity contribution in [2.24, 2.45) is 5.92 Å². The number of halogens is 3. The highest BCUT2D eigenvalue weighted by Crippen LogP contribution is 2.29. The van der Waals surface area contributed by atoms with Crippen LogP contribution in [0, 0.1) is 5.92 Å². The molecule has 2 N–H and O–H groups in total. The lowest BCUT2D eigenvalue weighted by Crippen LogP contribution is -2.33. The first-order valence-corrected chi connectivity index (χ1v) is 6.89. The number of alkyl halides is 3. The van der Waals surface area contributed by atoms with E-state index < -0.39 is 29.5 Å². The first-order valence-electron chi connectivity index (χ1n) is 6.89. The third kappa shape index (κ3) is 5.75. The van der Waals surface area contributed by atoms with Gasteiger partial charge >= 0.3 is 12.1 Å². The number of benzene rings is 1. The highest BCUT2D eigenvalue weighted by molar-refractivity contribution is 5.79. The zero-order valence-corrected chi connectivity index (χ0v) is 12.1. The Morgan fingerprint density at radius 2 is 1.82 bits per heavy atom. The molecule has 0 aliphatic carbocycles. The lowest BCUT2D eigenvalue weighted by molar-refractivity contribution is -0.142. The Morgan fingerprint density at radius 3 is 2.27 bits per heavy atom. The highest BCUT2D eigenvalue weighted by atomic mass is 19.4. The standard InChI is InChI=1S/C15H18F3NO3/c1-2-3-11(14(21)22)9-19-13(20)8-10-4-6-12(7-5-10)15(16,17)18/h4-7,11H,2-3,8-9H2,1H3,(H,19,20)(H,21,22). The molecule has 0 saturated carbocycles. The Kier molecular flexibility index (Phi) is 6.39. The fourth-order valence-corrected chi connectivity index (χ4v) is 1.96. The van der Waals surface area contributed by atoms with Crippen LogP contribution in [0.4, 0.5) is 13.2 Å². The number of carboxylic acids is 1. The Morgan fingerprint density at radius 1 is 1.23 bits per heavy atom. The molecule has 0 aromatic heterocycles. The summed E-state index contributed by atoms with van der Waals surface area (Å²) in [5.74, 6) is -2.04. The summed E-state index contributed by atoms with van der Waals surface area (Å²) in [5, 5.41) is 11.5. The predicted molar refractivity (Wildman–Crippen MR) is 74.2 cm³/mol. The van der Waals surface area contributed by atoms with Crippen LogP contribution < -0.4 is 5.32 Å². The Balaban J connectivity index is 2.53. The van der Waals surface area contributed by atoms with Gasteiger partial charge in [-0.1, -0.05) is 25.5 Å². The second kappa shape index (κ2) is 7.82. The number of rotatable bonds is 7. The normalized spacial score (nSPS) is 12.7. The molecular weight excluding hydrogens is 299 g/mol. The molecule has 1 unspecified atom stereocenters. The molecular formula is C15H18F3NO3. The smallest absolute Gasteiger partial charge is 0.416 e. The maximum atomic E-state index is 12.4. The second-order valence-corrected chi connectivity index (χ2v) is 5.00. The molecule has 0 radical (unpaired) electrons. The van der Waals surface area contributed by atoms with Gasteiger partial charge in [0.2, 0.25) is 5.91 Å². The number of hydrogen-bond donors (Lipinski definition) is 2. The highest BCUT2D eigenvalue weighted by Gasteiger charge is 2.30. The minimum absolute atomic E-state index is 0.0165. The van der Waals surface area contributed by atoms with Crippen LogP contribution in [-0.4, -0.2) is 23.5 Å². The van der Waals surface area contributed by atoms with Gasteiger partial charge in [0.15, 0.2) is 0 Å². The minimum atomic E-state index is -4.41. The second-order valence-electron chi connectivity index (χ2n) is 5.00. The molecule has 0 aliphatic rings. The average Bonchev–Trinajstić information content (AvgIpc) is 2.42. The van der Waals surface area contributed by atoms with Crippen LogP contribution in [0.2, 0.25) is 0 Å². The molecule has 22 heavy (non-hydrogen) atoms.